The molecule has 1 rings (SSSR count). The number of benzene rings is 1. The van der Waals surface area contributed by atoms with Gasteiger partial charge in [0.15, 0.2) is 0 Å². The van der Waals surface area contributed by atoms with Crippen molar-refractivity contribution in [2.75, 3.05) is 18.9 Å². The Hall–Kier alpha value is -0.630. The average molecular weight is 323 g/mol. The van der Waals surface area contributed by atoms with Crippen molar-refractivity contribution in [2.45, 2.75) is 17.7 Å². The maximum absolute atomic E-state index is 11.8. The van der Waals surface area contributed by atoms with Crippen molar-refractivity contribution in [1.29, 1.82) is 0 Å². The molecule has 0 atom stereocenters. The molecule has 1 aromatic rings. The van der Waals surface area contributed by atoms with Crippen LogP contribution in [0.15, 0.2) is 27.6 Å². The van der Waals surface area contributed by atoms with Crippen LogP contribution in [-0.2, 0) is 10.0 Å². The van der Waals surface area contributed by atoms with Crippen LogP contribution in [0.4, 0.5) is 5.69 Å². The van der Waals surface area contributed by atoms with Crippen molar-refractivity contribution in [3.8, 4) is 0 Å². The summed E-state index contributed by atoms with van der Waals surface area (Å²) in [7, 11) is -3.50. The lowest BCUT2D eigenvalue weighted by molar-refractivity contribution is 0.285. The molecule has 96 valence electrons. The number of anilines is 1. The molecule has 4 N–H and O–H groups in total. The third-order valence-corrected chi connectivity index (χ3v) is 4.30. The molecule has 0 heterocycles. The number of nitrogens with one attached hydrogen (secondary N) is 1. The summed E-state index contributed by atoms with van der Waals surface area (Å²) in [5, 5.41) is 8.58. The van der Waals surface area contributed by atoms with Crippen LogP contribution in [0.5, 0.6) is 0 Å². The van der Waals surface area contributed by atoms with E-state index in [2.05, 4.69) is 20.7 Å². The molecular formula is C10H15BrN2O3S. The van der Waals surface area contributed by atoms with Crippen molar-refractivity contribution in [1.82, 2.24) is 4.72 Å². The highest BCUT2D eigenvalue weighted by atomic mass is 79.9. The second-order valence-electron chi connectivity index (χ2n) is 3.51. The zero-order valence-electron chi connectivity index (χ0n) is 9.19. The topological polar surface area (TPSA) is 92.4 Å². The van der Waals surface area contributed by atoms with E-state index in [1.165, 1.54) is 18.2 Å². The molecule has 1 aromatic carbocycles. The number of rotatable bonds is 6. The van der Waals surface area contributed by atoms with E-state index in [9.17, 15) is 8.42 Å². The van der Waals surface area contributed by atoms with Crippen LogP contribution in [0, 0.1) is 0 Å². The molecular weight excluding hydrogens is 308 g/mol. The summed E-state index contributed by atoms with van der Waals surface area (Å²) in [5.41, 5.74) is 6.07. The lowest BCUT2D eigenvalue weighted by Crippen LogP contribution is -2.25. The Labute approximate surface area is 109 Å². The van der Waals surface area contributed by atoms with E-state index in [0.29, 0.717) is 29.5 Å². The van der Waals surface area contributed by atoms with Crippen LogP contribution in [0.1, 0.15) is 12.8 Å². The number of hydrogen-bond donors (Lipinski definition) is 3. The summed E-state index contributed by atoms with van der Waals surface area (Å²) in [6, 6.07) is 4.45. The predicted molar refractivity (Wildman–Crippen MR) is 70.1 cm³/mol. The van der Waals surface area contributed by atoms with Gasteiger partial charge in [-0.1, -0.05) is 0 Å². The van der Waals surface area contributed by atoms with Gasteiger partial charge in [0.2, 0.25) is 10.0 Å². The zero-order valence-corrected chi connectivity index (χ0v) is 11.6. The molecule has 17 heavy (non-hydrogen) atoms. The van der Waals surface area contributed by atoms with Gasteiger partial charge in [0, 0.05) is 23.3 Å². The molecule has 0 aromatic heterocycles. The summed E-state index contributed by atoms with van der Waals surface area (Å²) < 4.78 is 26.7. The number of nitrogens with two attached hydrogens (primary N) is 1. The normalized spacial score (nSPS) is 11.6. The summed E-state index contributed by atoms with van der Waals surface area (Å²) in [6.45, 7) is 0.375. The molecule has 0 aliphatic heterocycles. The Bertz CT molecular complexity index is 476. The van der Waals surface area contributed by atoms with Crippen LogP contribution in [0.2, 0.25) is 0 Å². The van der Waals surface area contributed by atoms with Gasteiger partial charge in [0.1, 0.15) is 0 Å². The third kappa shape index (κ3) is 4.27. The molecule has 0 amide bonds. The monoisotopic (exact) mass is 322 g/mol. The van der Waals surface area contributed by atoms with E-state index in [1.807, 2.05) is 0 Å². The smallest absolute Gasteiger partial charge is 0.240 e. The first-order chi connectivity index (χ1) is 7.97. The van der Waals surface area contributed by atoms with E-state index in [1.54, 1.807) is 0 Å². The molecule has 0 fully saturated rings. The van der Waals surface area contributed by atoms with Crippen molar-refractivity contribution in [3.63, 3.8) is 0 Å². The molecule has 0 unspecified atom stereocenters. The second-order valence-corrected chi connectivity index (χ2v) is 6.13. The molecule has 0 aliphatic carbocycles. The molecule has 0 saturated heterocycles. The average Bonchev–Trinajstić information content (AvgIpc) is 2.28. The van der Waals surface area contributed by atoms with Gasteiger partial charge in [0.25, 0.3) is 0 Å². The van der Waals surface area contributed by atoms with Gasteiger partial charge in [-0.15, -0.1) is 0 Å². The second kappa shape index (κ2) is 6.34. The largest absolute Gasteiger partial charge is 0.398 e. The zero-order chi connectivity index (χ0) is 12.9. The Morgan fingerprint density at radius 2 is 2.06 bits per heavy atom. The standard InChI is InChI=1S/C10H15BrN2O3S/c11-9-7-8(3-4-10(9)12)17(15,16)13-5-1-2-6-14/h3-4,7,13-14H,1-2,5-6,12H2. The number of unbranched alkanes of at least 4 members (excludes halogenated alkanes) is 1. The quantitative estimate of drug-likeness (QED) is 0.540. The van der Waals surface area contributed by atoms with Gasteiger partial charge in [-0.2, -0.15) is 0 Å². The molecule has 7 heteroatoms. The summed E-state index contributed by atoms with van der Waals surface area (Å²) >= 11 is 3.18. The Balaban J connectivity index is 2.72. The predicted octanol–water partition coefficient (Wildman–Crippen LogP) is 1.08. The lowest BCUT2D eigenvalue weighted by atomic mass is 10.3. The summed E-state index contributed by atoms with van der Waals surface area (Å²) in [6.07, 6.45) is 1.18. The fourth-order valence-electron chi connectivity index (χ4n) is 1.20. The molecule has 0 aliphatic rings. The van der Waals surface area contributed by atoms with E-state index in [-0.39, 0.29) is 11.5 Å². The molecule has 0 saturated carbocycles. The first kappa shape index (κ1) is 14.4. The van der Waals surface area contributed by atoms with Crippen molar-refractivity contribution < 1.29 is 13.5 Å². The molecule has 0 bridgehead atoms. The van der Waals surface area contributed by atoms with Crippen LogP contribution >= 0.6 is 15.9 Å². The fraction of sp³-hybridized carbons (Fsp3) is 0.400. The minimum absolute atomic E-state index is 0.0646. The highest BCUT2D eigenvalue weighted by molar-refractivity contribution is 9.10. The maximum Gasteiger partial charge on any atom is 0.240 e. The lowest BCUT2D eigenvalue weighted by Gasteiger charge is -2.07. The minimum Gasteiger partial charge on any atom is -0.398 e. The van der Waals surface area contributed by atoms with Gasteiger partial charge in [-0.25, -0.2) is 13.1 Å². The number of halogens is 1. The van der Waals surface area contributed by atoms with Crippen LogP contribution < -0.4 is 10.5 Å². The number of aliphatic hydroxyl groups is 1. The summed E-state index contributed by atoms with van der Waals surface area (Å²) in [5.74, 6) is 0. The van der Waals surface area contributed by atoms with Crippen LogP contribution in [0.25, 0.3) is 0 Å². The van der Waals surface area contributed by atoms with Gasteiger partial charge in [-0.3, -0.25) is 0 Å². The number of nitrogen functional groups attached to an aromatic ring is 1. The minimum atomic E-state index is -3.50. The Kier molecular flexibility index (Phi) is 5.38. The SMILES string of the molecule is Nc1ccc(S(=O)(=O)NCCCCO)cc1Br. The van der Waals surface area contributed by atoms with Crippen molar-refractivity contribution in [3.05, 3.63) is 22.7 Å². The van der Waals surface area contributed by atoms with Crippen LogP contribution in [-0.4, -0.2) is 26.7 Å². The highest BCUT2D eigenvalue weighted by Gasteiger charge is 2.14. The fourth-order valence-corrected chi connectivity index (χ4v) is 2.83. The number of sulfonamides is 1. The van der Waals surface area contributed by atoms with E-state index >= 15 is 0 Å². The molecule has 5 nitrogen and oxygen atoms in total. The summed E-state index contributed by atoms with van der Waals surface area (Å²) in [4.78, 5) is 0.169. The maximum atomic E-state index is 11.8. The first-order valence-electron chi connectivity index (χ1n) is 5.13. The number of aliphatic hydroxyl groups excluding tert-OH is 1. The Morgan fingerprint density at radius 1 is 1.35 bits per heavy atom. The van der Waals surface area contributed by atoms with E-state index < -0.39 is 10.0 Å². The number of hydrogen-bond acceptors (Lipinski definition) is 4. The van der Waals surface area contributed by atoms with Gasteiger partial charge in [-0.05, 0) is 47.0 Å². The van der Waals surface area contributed by atoms with E-state index in [0.717, 1.165) is 0 Å². The van der Waals surface area contributed by atoms with Crippen molar-refractivity contribution >= 4 is 31.6 Å². The van der Waals surface area contributed by atoms with Gasteiger partial charge >= 0.3 is 0 Å². The first-order valence-corrected chi connectivity index (χ1v) is 7.40. The Morgan fingerprint density at radius 3 is 2.65 bits per heavy atom. The highest BCUT2D eigenvalue weighted by Crippen LogP contribution is 2.22. The third-order valence-electron chi connectivity index (χ3n) is 2.16. The van der Waals surface area contributed by atoms with Crippen LogP contribution in [0.3, 0.4) is 0 Å². The van der Waals surface area contributed by atoms with E-state index in [4.69, 9.17) is 10.8 Å². The van der Waals surface area contributed by atoms with Gasteiger partial charge < -0.3 is 10.8 Å². The van der Waals surface area contributed by atoms with Gasteiger partial charge in [0.05, 0.1) is 4.90 Å². The molecule has 0 spiro atoms. The molecule has 0 radical (unpaired) electrons. The van der Waals surface area contributed by atoms with Crippen molar-refractivity contribution in [2.24, 2.45) is 0 Å².